The van der Waals surface area contributed by atoms with Crippen LogP contribution >= 0.6 is 0 Å². The van der Waals surface area contributed by atoms with E-state index < -0.39 is 28.5 Å². The number of amides is 1. The summed E-state index contributed by atoms with van der Waals surface area (Å²) in [5, 5.41) is 2.54. The van der Waals surface area contributed by atoms with Crippen LogP contribution in [0.5, 0.6) is 5.75 Å². The highest BCUT2D eigenvalue weighted by Crippen LogP contribution is 2.27. The smallest absolute Gasteiger partial charge is 0.387 e. The van der Waals surface area contributed by atoms with E-state index in [9.17, 15) is 22.0 Å². The molecule has 1 N–H and O–H groups in total. The Morgan fingerprint density at radius 2 is 2.09 bits per heavy atom. The van der Waals surface area contributed by atoms with Gasteiger partial charge in [-0.25, -0.2) is 12.7 Å². The molecular formula is C14H18F2N2O4S. The molecule has 1 saturated heterocycles. The van der Waals surface area contributed by atoms with Crippen molar-refractivity contribution in [1.82, 2.24) is 4.31 Å². The van der Waals surface area contributed by atoms with Crippen LogP contribution in [-0.2, 0) is 14.8 Å². The highest BCUT2D eigenvalue weighted by molar-refractivity contribution is 7.88. The molecule has 6 nitrogen and oxygen atoms in total. The van der Waals surface area contributed by atoms with E-state index in [-0.39, 0.29) is 18.0 Å². The molecule has 1 aromatic carbocycles. The van der Waals surface area contributed by atoms with Gasteiger partial charge < -0.3 is 10.1 Å². The van der Waals surface area contributed by atoms with Crippen LogP contribution in [0.15, 0.2) is 24.3 Å². The lowest BCUT2D eigenvalue weighted by Crippen LogP contribution is -2.43. The number of carbonyl (C=O) groups is 1. The van der Waals surface area contributed by atoms with Crippen molar-refractivity contribution in [2.75, 3.05) is 24.7 Å². The summed E-state index contributed by atoms with van der Waals surface area (Å²) in [6, 6.07) is 5.87. The number of benzene rings is 1. The SMILES string of the molecule is CS(=O)(=O)N1CCCC(C(=O)Nc2ccccc2OC(F)F)C1. The zero-order valence-electron chi connectivity index (χ0n) is 12.5. The molecule has 128 valence electrons. The number of halogens is 2. The number of alkyl halides is 2. The van der Waals surface area contributed by atoms with E-state index in [1.807, 2.05) is 0 Å². The number of carbonyl (C=O) groups excluding carboxylic acids is 1. The van der Waals surface area contributed by atoms with Crippen LogP contribution in [0.25, 0.3) is 0 Å². The largest absolute Gasteiger partial charge is 0.433 e. The Morgan fingerprint density at radius 1 is 1.39 bits per heavy atom. The summed E-state index contributed by atoms with van der Waals surface area (Å²) in [6.07, 6.45) is 2.20. The minimum atomic E-state index is -3.36. The zero-order valence-corrected chi connectivity index (χ0v) is 13.4. The molecule has 1 amide bonds. The number of hydrogen-bond acceptors (Lipinski definition) is 4. The fraction of sp³-hybridized carbons (Fsp3) is 0.500. The minimum absolute atomic E-state index is 0.0859. The third kappa shape index (κ3) is 4.87. The van der Waals surface area contributed by atoms with Gasteiger partial charge in [0.25, 0.3) is 0 Å². The monoisotopic (exact) mass is 348 g/mol. The molecule has 0 aliphatic carbocycles. The first-order valence-electron chi connectivity index (χ1n) is 7.07. The summed E-state index contributed by atoms with van der Waals surface area (Å²) in [7, 11) is -3.36. The van der Waals surface area contributed by atoms with E-state index in [2.05, 4.69) is 10.1 Å². The van der Waals surface area contributed by atoms with Gasteiger partial charge in [-0.05, 0) is 25.0 Å². The fourth-order valence-electron chi connectivity index (χ4n) is 2.46. The maximum absolute atomic E-state index is 12.4. The number of nitrogens with zero attached hydrogens (tertiary/aromatic N) is 1. The standard InChI is InChI=1S/C14H18F2N2O4S/c1-23(20,21)18-8-4-5-10(9-18)13(19)17-11-6-2-3-7-12(11)22-14(15)16/h2-3,6-7,10,14H,4-5,8-9H2,1H3,(H,17,19). The fourth-order valence-corrected chi connectivity index (χ4v) is 3.37. The molecule has 23 heavy (non-hydrogen) atoms. The first-order valence-corrected chi connectivity index (χ1v) is 8.92. The van der Waals surface area contributed by atoms with Gasteiger partial charge in [0.1, 0.15) is 5.75 Å². The molecule has 2 rings (SSSR count). The summed E-state index contributed by atoms with van der Waals surface area (Å²) in [6.45, 7) is -2.53. The van der Waals surface area contributed by atoms with E-state index in [0.29, 0.717) is 19.4 Å². The Balaban J connectivity index is 2.07. The average Bonchev–Trinajstić information content (AvgIpc) is 2.48. The van der Waals surface area contributed by atoms with E-state index in [0.717, 1.165) is 6.26 Å². The predicted octanol–water partition coefficient (Wildman–Crippen LogP) is 1.90. The summed E-state index contributed by atoms with van der Waals surface area (Å²) >= 11 is 0. The quantitative estimate of drug-likeness (QED) is 0.882. The number of rotatable bonds is 5. The molecular weight excluding hydrogens is 330 g/mol. The second-order valence-electron chi connectivity index (χ2n) is 5.32. The summed E-state index contributed by atoms with van der Waals surface area (Å²) in [5.41, 5.74) is 0.134. The second kappa shape index (κ2) is 7.22. The molecule has 0 bridgehead atoms. The van der Waals surface area contributed by atoms with Crippen LogP contribution in [-0.4, -0.2) is 44.6 Å². The van der Waals surface area contributed by atoms with Crippen LogP contribution in [0.4, 0.5) is 14.5 Å². The van der Waals surface area contributed by atoms with Gasteiger partial charge in [0, 0.05) is 13.1 Å². The van der Waals surface area contributed by atoms with Crippen molar-refractivity contribution < 1.29 is 26.7 Å². The Morgan fingerprint density at radius 3 is 2.74 bits per heavy atom. The maximum atomic E-state index is 12.4. The molecule has 0 saturated carbocycles. The number of sulfonamides is 1. The van der Waals surface area contributed by atoms with Gasteiger partial charge in [-0.1, -0.05) is 12.1 Å². The molecule has 1 aromatic rings. The van der Waals surface area contributed by atoms with Crippen molar-refractivity contribution in [3.05, 3.63) is 24.3 Å². The average molecular weight is 348 g/mol. The zero-order chi connectivity index (χ0) is 17.0. The van der Waals surface area contributed by atoms with Crippen molar-refractivity contribution in [2.45, 2.75) is 19.5 Å². The highest BCUT2D eigenvalue weighted by Gasteiger charge is 2.30. The van der Waals surface area contributed by atoms with Gasteiger partial charge in [0.15, 0.2) is 0 Å². The minimum Gasteiger partial charge on any atom is -0.433 e. The number of anilines is 1. The molecule has 1 fully saturated rings. The van der Waals surface area contributed by atoms with E-state index in [1.165, 1.54) is 22.5 Å². The lowest BCUT2D eigenvalue weighted by molar-refractivity contribution is -0.121. The van der Waals surface area contributed by atoms with Gasteiger partial charge in [0.2, 0.25) is 15.9 Å². The Hall–Kier alpha value is -1.74. The molecule has 1 heterocycles. The number of ether oxygens (including phenoxy) is 1. The first-order chi connectivity index (χ1) is 10.8. The van der Waals surface area contributed by atoms with Gasteiger partial charge in [-0.3, -0.25) is 4.79 Å². The molecule has 1 unspecified atom stereocenters. The van der Waals surface area contributed by atoms with Gasteiger partial charge in [0.05, 0.1) is 17.9 Å². The third-order valence-corrected chi connectivity index (χ3v) is 4.85. The molecule has 1 aliphatic heterocycles. The number of hydrogen-bond donors (Lipinski definition) is 1. The van der Waals surface area contributed by atoms with Crippen molar-refractivity contribution in [2.24, 2.45) is 5.92 Å². The third-order valence-electron chi connectivity index (χ3n) is 3.58. The molecule has 0 radical (unpaired) electrons. The van der Waals surface area contributed by atoms with Crippen LogP contribution in [0.1, 0.15) is 12.8 Å². The van der Waals surface area contributed by atoms with E-state index >= 15 is 0 Å². The topological polar surface area (TPSA) is 75.7 Å². The van der Waals surface area contributed by atoms with Crippen LogP contribution < -0.4 is 10.1 Å². The lowest BCUT2D eigenvalue weighted by Gasteiger charge is -2.30. The number of para-hydroxylation sites is 2. The molecule has 9 heteroatoms. The Kier molecular flexibility index (Phi) is 5.53. The van der Waals surface area contributed by atoms with Crippen molar-refractivity contribution in [3.63, 3.8) is 0 Å². The maximum Gasteiger partial charge on any atom is 0.387 e. The van der Waals surface area contributed by atoms with Gasteiger partial charge >= 0.3 is 6.61 Å². The lowest BCUT2D eigenvalue weighted by atomic mass is 9.98. The summed E-state index contributed by atoms with van der Waals surface area (Å²) < 4.78 is 53.5. The van der Waals surface area contributed by atoms with Crippen molar-refractivity contribution in [1.29, 1.82) is 0 Å². The Labute approximate surface area is 133 Å². The summed E-state index contributed by atoms with van der Waals surface area (Å²) in [4.78, 5) is 12.3. The first kappa shape index (κ1) is 17.6. The normalized spacial score (nSPS) is 19.6. The van der Waals surface area contributed by atoms with Crippen molar-refractivity contribution in [3.8, 4) is 5.75 Å². The van der Waals surface area contributed by atoms with E-state index in [4.69, 9.17) is 0 Å². The Bertz CT molecular complexity index is 666. The van der Waals surface area contributed by atoms with Crippen LogP contribution in [0.3, 0.4) is 0 Å². The van der Waals surface area contributed by atoms with Gasteiger partial charge in [-0.15, -0.1) is 0 Å². The van der Waals surface area contributed by atoms with Crippen LogP contribution in [0, 0.1) is 5.92 Å². The molecule has 1 atom stereocenters. The van der Waals surface area contributed by atoms with Gasteiger partial charge in [-0.2, -0.15) is 8.78 Å². The molecule has 0 aromatic heterocycles. The van der Waals surface area contributed by atoms with Crippen molar-refractivity contribution >= 4 is 21.6 Å². The molecule has 1 aliphatic rings. The van der Waals surface area contributed by atoms with E-state index in [1.54, 1.807) is 6.07 Å². The predicted molar refractivity (Wildman–Crippen MR) is 80.8 cm³/mol. The summed E-state index contributed by atoms with van der Waals surface area (Å²) in [5.74, 6) is -1.08. The number of nitrogens with one attached hydrogen (secondary N) is 1. The molecule has 0 spiro atoms. The van der Waals surface area contributed by atoms with Crippen LogP contribution in [0.2, 0.25) is 0 Å². The number of piperidine rings is 1. The second-order valence-corrected chi connectivity index (χ2v) is 7.31. The highest BCUT2D eigenvalue weighted by atomic mass is 32.2.